The maximum atomic E-state index is 11.1. The van der Waals surface area contributed by atoms with E-state index in [1.165, 1.54) is 4.90 Å². The van der Waals surface area contributed by atoms with Crippen LogP contribution in [-0.4, -0.2) is 41.5 Å². The van der Waals surface area contributed by atoms with Gasteiger partial charge in [0, 0.05) is 13.1 Å². The Balaban J connectivity index is 2.51. The molecular formula is C8H14N2O3. The molecule has 1 aliphatic rings. The topological polar surface area (TPSA) is 83.6 Å². The zero-order chi connectivity index (χ0) is 9.84. The molecule has 0 aromatic rings. The summed E-state index contributed by atoms with van der Waals surface area (Å²) < 4.78 is 0. The lowest BCUT2D eigenvalue weighted by Gasteiger charge is -2.30. The van der Waals surface area contributed by atoms with Crippen molar-refractivity contribution >= 4 is 11.8 Å². The van der Waals surface area contributed by atoms with Crippen LogP contribution in [0.2, 0.25) is 0 Å². The number of hydrogen-bond donors (Lipinski definition) is 2. The van der Waals surface area contributed by atoms with Gasteiger partial charge < -0.3 is 15.7 Å². The maximum Gasteiger partial charge on any atom is 0.248 e. The second kappa shape index (κ2) is 4.23. The molecule has 74 valence electrons. The number of likely N-dealkylation sites (tertiary alicyclic amines) is 1. The number of nitrogens with zero attached hydrogens (tertiary/aromatic N) is 1. The van der Waals surface area contributed by atoms with E-state index < -0.39 is 6.61 Å². The Bertz CT molecular complexity index is 217. The van der Waals surface area contributed by atoms with Gasteiger partial charge in [-0.2, -0.15) is 0 Å². The van der Waals surface area contributed by atoms with E-state index in [2.05, 4.69) is 0 Å². The molecule has 2 amide bonds. The van der Waals surface area contributed by atoms with Gasteiger partial charge in [-0.3, -0.25) is 9.59 Å². The number of carbonyl (C=O) groups is 2. The lowest BCUT2D eigenvalue weighted by Crippen LogP contribution is -2.45. The minimum atomic E-state index is -0.495. The van der Waals surface area contributed by atoms with E-state index in [1.54, 1.807) is 0 Å². The molecule has 1 unspecified atom stereocenters. The maximum absolute atomic E-state index is 11.1. The van der Waals surface area contributed by atoms with Gasteiger partial charge in [0.2, 0.25) is 11.8 Å². The number of primary amides is 1. The number of hydrogen-bond acceptors (Lipinski definition) is 3. The van der Waals surface area contributed by atoms with Crippen molar-refractivity contribution in [2.45, 2.75) is 12.8 Å². The minimum absolute atomic E-state index is 0.246. The summed E-state index contributed by atoms with van der Waals surface area (Å²) in [5.41, 5.74) is 5.13. The van der Waals surface area contributed by atoms with Gasteiger partial charge in [0.1, 0.15) is 6.61 Å². The third kappa shape index (κ3) is 2.42. The average Bonchev–Trinajstić information content (AvgIpc) is 2.17. The zero-order valence-electron chi connectivity index (χ0n) is 7.40. The number of amides is 2. The van der Waals surface area contributed by atoms with E-state index in [9.17, 15) is 9.59 Å². The van der Waals surface area contributed by atoms with Crippen LogP contribution in [0.3, 0.4) is 0 Å². The minimum Gasteiger partial charge on any atom is -0.387 e. The summed E-state index contributed by atoms with van der Waals surface area (Å²) in [6, 6.07) is 0. The van der Waals surface area contributed by atoms with Gasteiger partial charge in [-0.25, -0.2) is 0 Å². The number of rotatable bonds is 2. The molecule has 0 aromatic carbocycles. The Morgan fingerprint density at radius 3 is 2.77 bits per heavy atom. The van der Waals surface area contributed by atoms with E-state index in [4.69, 9.17) is 10.8 Å². The smallest absolute Gasteiger partial charge is 0.248 e. The number of piperidine rings is 1. The number of nitrogens with two attached hydrogens (primary N) is 1. The Labute approximate surface area is 76.5 Å². The van der Waals surface area contributed by atoms with Gasteiger partial charge in [-0.15, -0.1) is 0 Å². The molecule has 5 heteroatoms. The van der Waals surface area contributed by atoms with Crippen LogP contribution in [0.5, 0.6) is 0 Å². The molecule has 0 bridgehead atoms. The first-order valence-electron chi connectivity index (χ1n) is 4.33. The van der Waals surface area contributed by atoms with Crippen molar-refractivity contribution in [2.75, 3.05) is 19.7 Å². The summed E-state index contributed by atoms with van der Waals surface area (Å²) in [5, 5.41) is 8.60. The van der Waals surface area contributed by atoms with Crippen LogP contribution in [-0.2, 0) is 9.59 Å². The summed E-state index contributed by atoms with van der Waals surface area (Å²) in [5.74, 6) is -0.939. The number of aliphatic hydroxyl groups is 1. The summed E-state index contributed by atoms with van der Waals surface area (Å²) in [4.78, 5) is 23.4. The van der Waals surface area contributed by atoms with Crippen LogP contribution < -0.4 is 5.73 Å². The zero-order valence-corrected chi connectivity index (χ0v) is 7.40. The summed E-state index contributed by atoms with van der Waals surface area (Å²) >= 11 is 0. The summed E-state index contributed by atoms with van der Waals surface area (Å²) in [6.07, 6.45) is 1.52. The Hall–Kier alpha value is -1.10. The molecule has 1 rings (SSSR count). The molecule has 1 atom stereocenters. The van der Waals surface area contributed by atoms with Crippen LogP contribution in [0.4, 0.5) is 0 Å². The predicted octanol–water partition coefficient (Wildman–Crippen LogP) is -1.30. The van der Waals surface area contributed by atoms with Crippen molar-refractivity contribution < 1.29 is 14.7 Å². The molecule has 1 heterocycles. The largest absolute Gasteiger partial charge is 0.387 e. The highest BCUT2D eigenvalue weighted by atomic mass is 16.3. The fourth-order valence-corrected chi connectivity index (χ4v) is 1.54. The number of aliphatic hydroxyl groups excluding tert-OH is 1. The first-order chi connectivity index (χ1) is 6.15. The van der Waals surface area contributed by atoms with Gasteiger partial charge in [-0.1, -0.05) is 0 Å². The standard InChI is InChI=1S/C8H14N2O3/c9-8(13)6-2-1-3-10(4-6)7(12)5-11/h6,11H,1-5H2,(H2,9,13). The normalized spacial score (nSPS) is 22.8. The molecular weight excluding hydrogens is 172 g/mol. The third-order valence-electron chi connectivity index (χ3n) is 2.31. The second-order valence-corrected chi connectivity index (χ2v) is 3.24. The van der Waals surface area contributed by atoms with E-state index in [0.29, 0.717) is 13.1 Å². The monoisotopic (exact) mass is 186 g/mol. The van der Waals surface area contributed by atoms with E-state index in [-0.39, 0.29) is 17.7 Å². The molecule has 0 radical (unpaired) electrons. The SMILES string of the molecule is NC(=O)C1CCCN(C(=O)CO)C1. The van der Waals surface area contributed by atoms with Gasteiger partial charge in [0.25, 0.3) is 0 Å². The van der Waals surface area contributed by atoms with E-state index >= 15 is 0 Å². The Morgan fingerprint density at radius 2 is 2.23 bits per heavy atom. The third-order valence-corrected chi connectivity index (χ3v) is 2.31. The lowest BCUT2D eigenvalue weighted by molar-refractivity contribution is -0.137. The highest BCUT2D eigenvalue weighted by molar-refractivity contribution is 5.80. The molecule has 0 saturated carbocycles. The van der Waals surface area contributed by atoms with Crippen LogP contribution in [0.1, 0.15) is 12.8 Å². The van der Waals surface area contributed by atoms with Crippen molar-refractivity contribution in [3.05, 3.63) is 0 Å². The molecule has 1 aliphatic heterocycles. The van der Waals surface area contributed by atoms with E-state index in [0.717, 1.165) is 12.8 Å². The molecule has 0 spiro atoms. The fraction of sp³-hybridized carbons (Fsp3) is 0.750. The summed E-state index contributed by atoms with van der Waals surface area (Å²) in [6.45, 7) is 0.476. The van der Waals surface area contributed by atoms with Crippen molar-refractivity contribution in [3.8, 4) is 0 Å². The Kier molecular flexibility index (Phi) is 3.25. The van der Waals surface area contributed by atoms with Crippen molar-refractivity contribution in [2.24, 2.45) is 11.7 Å². The molecule has 13 heavy (non-hydrogen) atoms. The van der Waals surface area contributed by atoms with Crippen LogP contribution in [0, 0.1) is 5.92 Å². The molecule has 0 aromatic heterocycles. The number of carbonyl (C=O) groups excluding carboxylic acids is 2. The fourth-order valence-electron chi connectivity index (χ4n) is 1.54. The van der Waals surface area contributed by atoms with Gasteiger partial charge in [0.15, 0.2) is 0 Å². The molecule has 0 aliphatic carbocycles. The van der Waals surface area contributed by atoms with Gasteiger partial charge in [-0.05, 0) is 12.8 Å². The van der Waals surface area contributed by atoms with Crippen molar-refractivity contribution in [1.29, 1.82) is 0 Å². The van der Waals surface area contributed by atoms with Gasteiger partial charge in [0.05, 0.1) is 5.92 Å². The highest BCUT2D eigenvalue weighted by Gasteiger charge is 2.26. The first kappa shape index (κ1) is 9.98. The van der Waals surface area contributed by atoms with Crippen LogP contribution in [0.25, 0.3) is 0 Å². The van der Waals surface area contributed by atoms with E-state index in [1.807, 2.05) is 0 Å². The second-order valence-electron chi connectivity index (χ2n) is 3.24. The van der Waals surface area contributed by atoms with Crippen LogP contribution >= 0.6 is 0 Å². The quantitative estimate of drug-likeness (QED) is 0.562. The van der Waals surface area contributed by atoms with Crippen LogP contribution in [0.15, 0.2) is 0 Å². The average molecular weight is 186 g/mol. The lowest BCUT2D eigenvalue weighted by atomic mass is 9.97. The molecule has 5 nitrogen and oxygen atoms in total. The van der Waals surface area contributed by atoms with Gasteiger partial charge >= 0.3 is 0 Å². The Morgan fingerprint density at radius 1 is 1.54 bits per heavy atom. The molecule has 1 saturated heterocycles. The highest BCUT2D eigenvalue weighted by Crippen LogP contribution is 2.15. The van der Waals surface area contributed by atoms with Crippen molar-refractivity contribution in [1.82, 2.24) is 4.90 Å². The summed E-state index contributed by atoms with van der Waals surface area (Å²) in [7, 11) is 0. The molecule has 1 fully saturated rings. The molecule has 3 N–H and O–H groups in total. The first-order valence-corrected chi connectivity index (χ1v) is 4.33. The predicted molar refractivity (Wildman–Crippen MR) is 45.6 cm³/mol. The van der Waals surface area contributed by atoms with Crippen molar-refractivity contribution in [3.63, 3.8) is 0 Å².